The van der Waals surface area contributed by atoms with Gasteiger partial charge in [-0.15, -0.1) is 0 Å². The second kappa shape index (κ2) is 6.42. The molecular formula is C16H16Cl2O. The van der Waals surface area contributed by atoms with Crippen LogP contribution in [0.3, 0.4) is 0 Å². The van der Waals surface area contributed by atoms with Crippen LogP contribution < -0.4 is 0 Å². The lowest BCUT2D eigenvalue weighted by Gasteiger charge is -2.13. The van der Waals surface area contributed by atoms with E-state index in [-0.39, 0.29) is 0 Å². The van der Waals surface area contributed by atoms with Crippen LogP contribution in [0.1, 0.15) is 29.2 Å². The molecule has 0 bridgehead atoms. The van der Waals surface area contributed by atoms with Gasteiger partial charge < -0.3 is 5.11 Å². The van der Waals surface area contributed by atoms with E-state index in [4.69, 9.17) is 23.2 Å². The summed E-state index contributed by atoms with van der Waals surface area (Å²) in [5.41, 5.74) is 3.15. The Balaban J connectivity index is 2.05. The smallest absolute Gasteiger partial charge is 0.0808 e. The molecule has 0 saturated heterocycles. The van der Waals surface area contributed by atoms with E-state index in [0.717, 1.165) is 6.42 Å². The van der Waals surface area contributed by atoms with Gasteiger partial charge >= 0.3 is 0 Å². The average molecular weight is 295 g/mol. The van der Waals surface area contributed by atoms with E-state index >= 15 is 0 Å². The van der Waals surface area contributed by atoms with Crippen molar-refractivity contribution in [2.75, 3.05) is 0 Å². The van der Waals surface area contributed by atoms with Gasteiger partial charge in [0.05, 0.1) is 6.10 Å². The molecule has 0 saturated carbocycles. The fourth-order valence-electron chi connectivity index (χ4n) is 2.10. The van der Waals surface area contributed by atoms with Crippen LogP contribution in [0, 0.1) is 6.92 Å². The molecule has 2 aromatic rings. The first-order valence-electron chi connectivity index (χ1n) is 6.25. The van der Waals surface area contributed by atoms with Crippen LogP contribution in [-0.4, -0.2) is 5.11 Å². The van der Waals surface area contributed by atoms with Gasteiger partial charge in [0.15, 0.2) is 0 Å². The predicted octanol–water partition coefficient (Wildman–Crippen LogP) is 4.97. The number of benzene rings is 2. The van der Waals surface area contributed by atoms with E-state index < -0.39 is 6.10 Å². The Labute approximate surface area is 123 Å². The van der Waals surface area contributed by atoms with Crippen molar-refractivity contribution in [2.45, 2.75) is 25.9 Å². The average Bonchev–Trinajstić information content (AvgIpc) is 2.39. The molecule has 0 heterocycles. The third kappa shape index (κ3) is 3.97. The van der Waals surface area contributed by atoms with Crippen LogP contribution in [0.15, 0.2) is 42.5 Å². The summed E-state index contributed by atoms with van der Waals surface area (Å²) in [4.78, 5) is 0. The lowest BCUT2D eigenvalue weighted by molar-refractivity contribution is 0.168. The van der Waals surface area contributed by atoms with E-state index in [1.54, 1.807) is 18.2 Å². The molecule has 0 aliphatic heterocycles. The number of rotatable bonds is 4. The zero-order chi connectivity index (χ0) is 13.8. The standard InChI is InChI=1S/C16H16Cl2O/c1-11-3-2-4-12(9-11)5-8-16(19)14-10-13(17)6-7-15(14)18/h2-4,6-7,9-10,16,19H,5,8H2,1H3. The summed E-state index contributed by atoms with van der Waals surface area (Å²) in [7, 11) is 0. The van der Waals surface area contributed by atoms with Gasteiger partial charge in [-0.3, -0.25) is 0 Å². The molecule has 100 valence electrons. The van der Waals surface area contributed by atoms with Gasteiger partial charge in [0.25, 0.3) is 0 Å². The lowest BCUT2D eigenvalue weighted by Crippen LogP contribution is -2.01. The molecule has 0 radical (unpaired) electrons. The normalized spacial score (nSPS) is 12.4. The second-order valence-electron chi connectivity index (χ2n) is 4.71. The lowest BCUT2D eigenvalue weighted by atomic mass is 10.0. The zero-order valence-corrected chi connectivity index (χ0v) is 12.2. The SMILES string of the molecule is Cc1cccc(CCC(O)c2cc(Cl)ccc2Cl)c1. The summed E-state index contributed by atoms with van der Waals surface area (Å²) in [6, 6.07) is 13.5. The van der Waals surface area contributed by atoms with E-state index in [1.807, 2.05) is 6.07 Å². The van der Waals surface area contributed by atoms with Crippen molar-refractivity contribution < 1.29 is 5.11 Å². The summed E-state index contributed by atoms with van der Waals surface area (Å²) in [5.74, 6) is 0. The molecule has 2 aromatic carbocycles. The van der Waals surface area contributed by atoms with Crippen molar-refractivity contribution in [1.29, 1.82) is 0 Å². The quantitative estimate of drug-likeness (QED) is 0.844. The van der Waals surface area contributed by atoms with Gasteiger partial charge in [-0.25, -0.2) is 0 Å². The van der Waals surface area contributed by atoms with Crippen LogP contribution in [0.25, 0.3) is 0 Å². The number of hydrogen-bond donors (Lipinski definition) is 1. The highest BCUT2D eigenvalue weighted by molar-refractivity contribution is 6.33. The van der Waals surface area contributed by atoms with Crippen LogP contribution >= 0.6 is 23.2 Å². The first-order chi connectivity index (χ1) is 9.06. The van der Waals surface area contributed by atoms with Gasteiger partial charge in [-0.05, 0) is 43.5 Å². The number of aliphatic hydroxyl groups is 1. The maximum absolute atomic E-state index is 10.2. The van der Waals surface area contributed by atoms with Crippen molar-refractivity contribution in [1.82, 2.24) is 0 Å². The highest BCUT2D eigenvalue weighted by atomic mass is 35.5. The van der Waals surface area contributed by atoms with E-state index in [9.17, 15) is 5.11 Å². The third-order valence-corrected chi connectivity index (χ3v) is 3.69. The molecule has 0 fully saturated rings. The van der Waals surface area contributed by atoms with Crippen molar-refractivity contribution in [3.05, 3.63) is 69.2 Å². The van der Waals surface area contributed by atoms with Crippen LogP contribution in [-0.2, 0) is 6.42 Å². The van der Waals surface area contributed by atoms with Crippen LogP contribution in [0.2, 0.25) is 10.0 Å². The fourth-order valence-corrected chi connectivity index (χ4v) is 2.52. The molecule has 0 aromatic heterocycles. The molecule has 1 unspecified atom stereocenters. The molecule has 1 N–H and O–H groups in total. The highest BCUT2D eigenvalue weighted by Crippen LogP contribution is 2.29. The maximum Gasteiger partial charge on any atom is 0.0808 e. The van der Waals surface area contributed by atoms with Gasteiger partial charge in [-0.2, -0.15) is 0 Å². The molecule has 0 amide bonds. The maximum atomic E-state index is 10.2. The Bertz CT molecular complexity index is 566. The Morgan fingerprint density at radius 3 is 2.63 bits per heavy atom. The largest absolute Gasteiger partial charge is 0.388 e. The molecule has 2 rings (SSSR count). The first-order valence-corrected chi connectivity index (χ1v) is 7.00. The molecule has 3 heteroatoms. The summed E-state index contributed by atoms with van der Waals surface area (Å²) in [6.07, 6.45) is 0.849. The number of hydrogen-bond acceptors (Lipinski definition) is 1. The summed E-state index contributed by atoms with van der Waals surface area (Å²) < 4.78 is 0. The Hall–Kier alpha value is -1.02. The molecule has 1 atom stereocenters. The van der Waals surface area contributed by atoms with Gasteiger partial charge in [-0.1, -0.05) is 53.0 Å². The van der Waals surface area contributed by atoms with E-state index in [2.05, 4.69) is 25.1 Å². The van der Waals surface area contributed by atoms with Gasteiger partial charge in [0, 0.05) is 15.6 Å². The Morgan fingerprint density at radius 1 is 1.11 bits per heavy atom. The second-order valence-corrected chi connectivity index (χ2v) is 5.55. The summed E-state index contributed by atoms with van der Waals surface area (Å²) in [6.45, 7) is 2.06. The number of halogens is 2. The predicted molar refractivity (Wildman–Crippen MR) is 80.9 cm³/mol. The van der Waals surface area contributed by atoms with Crippen molar-refractivity contribution >= 4 is 23.2 Å². The van der Waals surface area contributed by atoms with Crippen molar-refractivity contribution in [2.24, 2.45) is 0 Å². The number of aliphatic hydroxyl groups excluding tert-OH is 1. The first kappa shape index (κ1) is 14.4. The van der Waals surface area contributed by atoms with E-state index in [0.29, 0.717) is 22.0 Å². The van der Waals surface area contributed by atoms with Gasteiger partial charge in [0.1, 0.15) is 0 Å². The Kier molecular flexibility index (Phi) is 4.87. The fraction of sp³-hybridized carbons (Fsp3) is 0.250. The molecule has 0 aliphatic carbocycles. The monoisotopic (exact) mass is 294 g/mol. The van der Waals surface area contributed by atoms with Crippen LogP contribution in [0.4, 0.5) is 0 Å². The minimum Gasteiger partial charge on any atom is -0.388 e. The zero-order valence-electron chi connectivity index (χ0n) is 10.7. The van der Waals surface area contributed by atoms with Crippen LogP contribution in [0.5, 0.6) is 0 Å². The summed E-state index contributed by atoms with van der Waals surface area (Å²) in [5, 5.41) is 11.4. The van der Waals surface area contributed by atoms with E-state index in [1.165, 1.54) is 11.1 Å². The van der Waals surface area contributed by atoms with Crippen molar-refractivity contribution in [3.63, 3.8) is 0 Å². The summed E-state index contributed by atoms with van der Waals surface area (Å²) >= 11 is 12.0. The molecule has 0 aliphatic rings. The molecular weight excluding hydrogens is 279 g/mol. The highest BCUT2D eigenvalue weighted by Gasteiger charge is 2.12. The Morgan fingerprint density at radius 2 is 1.89 bits per heavy atom. The molecule has 0 spiro atoms. The number of aryl methyl sites for hydroxylation is 2. The minimum atomic E-state index is -0.591. The van der Waals surface area contributed by atoms with Gasteiger partial charge in [0.2, 0.25) is 0 Å². The topological polar surface area (TPSA) is 20.2 Å². The third-order valence-electron chi connectivity index (χ3n) is 3.11. The molecule has 1 nitrogen and oxygen atoms in total. The molecule has 19 heavy (non-hydrogen) atoms. The minimum absolute atomic E-state index is 0.557. The van der Waals surface area contributed by atoms with Crippen molar-refractivity contribution in [3.8, 4) is 0 Å².